The number of benzene rings is 2. The highest BCUT2D eigenvalue weighted by Gasteiger charge is 2.15. The molecule has 0 unspecified atom stereocenters. The van der Waals surface area contributed by atoms with Crippen LogP contribution in [0, 0.1) is 17.5 Å². The quantitative estimate of drug-likeness (QED) is 0.676. The zero-order valence-corrected chi connectivity index (χ0v) is 9.56. The Bertz CT molecular complexity index is 538. The van der Waals surface area contributed by atoms with Crippen LogP contribution in [0.4, 0.5) is 13.2 Å². The first kappa shape index (κ1) is 11.2. The Hall–Kier alpha value is -1.29. The highest BCUT2D eigenvalue weighted by atomic mass is 79.9. The molecule has 0 amide bonds. The summed E-state index contributed by atoms with van der Waals surface area (Å²) in [5.74, 6) is -3.81. The van der Waals surface area contributed by atoms with E-state index in [9.17, 15) is 13.2 Å². The third kappa shape index (κ3) is 1.85. The van der Waals surface area contributed by atoms with Crippen molar-refractivity contribution in [3.63, 3.8) is 0 Å². The van der Waals surface area contributed by atoms with Gasteiger partial charge < -0.3 is 0 Å². The normalized spacial score (nSPS) is 10.5. The third-order valence-electron chi connectivity index (χ3n) is 2.20. The van der Waals surface area contributed by atoms with Crippen LogP contribution in [0.2, 0.25) is 0 Å². The maximum absolute atomic E-state index is 13.5. The van der Waals surface area contributed by atoms with E-state index in [2.05, 4.69) is 15.9 Å². The van der Waals surface area contributed by atoms with E-state index in [1.54, 1.807) is 24.3 Å². The summed E-state index contributed by atoms with van der Waals surface area (Å²) >= 11 is 3.23. The summed E-state index contributed by atoms with van der Waals surface area (Å²) in [5.41, 5.74) is 0.519. The summed E-state index contributed by atoms with van der Waals surface area (Å²) < 4.78 is 39.9. The van der Waals surface area contributed by atoms with Gasteiger partial charge in [0, 0.05) is 10.0 Å². The number of halogens is 4. The molecule has 2 aromatic rings. The van der Waals surface area contributed by atoms with E-state index in [0.29, 0.717) is 10.0 Å². The van der Waals surface area contributed by atoms with Crippen LogP contribution in [0.25, 0.3) is 11.1 Å². The van der Waals surface area contributed by atoms with Crippen molar-refractivity contribution in [2.75, 3.05) is 0 Å². The van der Waals surface area contributed by atoms with Crippen molar-refractivity contribution in [3.8, 4) is 11.1 Å². The third-order valence-corrected chi connectivity index (χ3v) is 2.89. The maximum Gasteiger partial charge on any atom is 0.195 e. The Morgan fingerprint density at radius 1 is 0.750 bits per heavy atom. The Labute approximate surface area is 98.9 Å². The van der Waals surface area contributed by atoms with Crippen LogP contribution in [0.3, 0.4) is 0 Å². The van der Waals surface area contributed by atoms with E-state index in [4.69, 9.17) is 0 Å². The SMILES string of the molecule is Fc1ccc(-c2ccccc2Br)c(F)c1F. The molecule has 0 nitrogen and oxygen atoms in total. The molecule has 0 atom stereocenters. The fourth-order valence-electron chi connectivity index (χ4n) is 1.41. The topological polar surface area (TPSA) is 0 Å². The first-order valence-corrected chi connectivity index (χ1v) is 5.29. The molecule has 0 bridgehead atoms. The van der Waals surface area contributed by atoms with Crippen LogP contribution >= 0.6 is 15.9 Å². The van der Waals surface area contributed by atoms with Gasteiger partial charge in [0.25, 0.3) is 0 Å². The summed E-state index contributed by atoms with van der Waals surface area (Å²) in [7, 11) is 0. The van der Waals surface area contributed by atoms with Crippen molar-refractivity contribution in [2.45, 2.75) is 0 Å². The van der Waals surface area contributed by atoms with Gasteiger partial charge in [-0.05, 0) is 23.8 Å². The highest BCUT2D eigenvalue weighted by Crippen LogP contribution is 2.31. The molecule has 4 heteroatoms. The molecule has 0 aliphatic heterocycles. The largest absolute Gasteiger partial charge is 0.204 e. The van der Waals surface area contributed by atoms with Crippen molar-refractivity contribution in [1.82, 2.24) is 0 Å². The van der Waals surface area contributed by atoms with Crippen molar-refractivity contribution in [2.24, 2.45) is 0 Å². The van der Waals surface area contributed by atoms with Crippen molar-refractivity contribution < 1.29 is 13.2 Å². The van der Waals surface area contributed by atoms with E-state index in [0.717, 1.165) is 6.07 Å². The highest BCUT2D eigenvalue weighted by molar-refractivity contribution is 9.10. The van der Waals surface area contributed by atoms with Gasteiger partial charge in [0.1, 0.15) is 0 Å². The number of hydrogen-bond donors (Lipinski definition) is 0. The average molecular weight is 287 g/mol. The van der Waals surface area contributed by atoms with Crippen molar-refractivity contribution in [3.05, 3.63) is 58.3 Å². The Morgan fingerprint density at radius 2 is 1.44 bits per heavy atom. The van der Waals surface area contributed by atoms with E-state index in [1.807, 2.05) is 0 Å². The lowest BCUT2D eigenvalue weighted by atomic mass is 10.0. The molecule has 0 N–H and O–H groups in total. The molecule has 2 aromatic carbocycles. The van der Waals surface area contributed by atoms with Crippen LogP contribution in [0.5, 0.6) is 0 Å². The molecule has 0 spiro atoms. The van der Waals surface area contributed by atoms with Crippen LogP contribution in [-0.4, -0.2) is 0 Å². The molecule has 82 valence electrons. The molecule has 0 saturated heterocycles. The summed E-state index contributed by atoms with van der Waals surface area (Å²) in [5, 5.41) is 0. The fraction of sp³-hybridized carbons (Fsp3) is 0. The first-order valence-electron chi connectivity index (χ1n) is 4.49. The monoisotopic (exact) mass is 286 g/mol. The molecule has 0 aromatic heterocycles. The van der Waals surface area contributed by atoms with Crippen LogP contribution < -0.4 is 0 Å². The molecule has 2 rings (SSSR count). The van der Waals surface area contributed by atoms with Gasteiger partial charge >= 0.3 is 0 Å². The van der Waals surface area contributed by atoms with Gasteiger partial charge in [0.05, 0.1) is 0 Å². The molecule has 0 fully saturated rings. The second-order valence-electron chi connectivity index (χ2n) is 3.20. The Morgan fingerprint density at radius 3 is 2.12 bits per heavy atom. The number of hydrogen-bond acceptors (Lipinski definition) is 0. The van der Waals surface area contributed by atoms with Crippen LogP contribution in [0.15, 0.2) is 40.9 Å². The zero-order valence-electron chi connectivity index (χ0n) is 7.98. The minimum atomic E-state index is -1.45. The lowest BCUT2D eigenvalue weighted by Crippen LogP contribution is -1.94. The molecule has 0 heterocycles. The molecular formula is C12H6BrF3. The predicted octanol–water partition coefficient (Wildman–Crippen LogP) is 4.53. The molecule has 0 aliphatic carbocycles. The lowest BCUT2D eigenvalue weighted by Gasteiger charge is -2.06. The van der Waals surface area contributed by atoms with Gasteiger partial charge in [-0.25, -0.2) is 13.2 Å². The predicted molar refractivity (Wildman–Crippen MR) is 59.5 cm³/mol. The molecule has 0 radical (unpaired) electrons. The van der Waals surface area contributed by atoms with Gasteiger partial charge in [0.15, 0.2) is 17.5 Å². The second-order valence-corrected chi connectivity index (χ2v) is 4.06. The summed E-state index contributed by atoms with van der Waals surface area (Å²) in [6.07, 6.45) is 0. The summed E-state index contributed by atoms with van der Waals surface area (Å²) in [6.45, 7) is 0. The van der Waals surface area contributed by atoms with E-state index >= 15 is 0 Å². The molecular weight excluding hydrogens is 281 g/mol. The minimum Gasteiger partial charge on any atom is -0.204 e. The standard InChI is InChI=1S/C12H6BrF3/c13-9-4-2-1-3-7(9)8-5-6-10(14)12(16)11(8)15/h1-6H. The lowest BCUT2D eigenvalue weighted by molar-refractivity contribution is 0.449. The van der Waals surface area contributed by atoms with Gasteiger partial charge in [-0.1, -0.05) is 34.1 Å². The molecule has 16 heavy (non-hydrogen) atoms. The minimum absolute atomic E-state index is 0.0337. The first-order chi connectivity index (χ1) is 7.61. The van der Waals surface area contributed by atoms with E-state index < -0.39 is 17.5 Å². The molecule has 0 aliphatic rings. The second kappa shape index (κ2) is 4.29. The van der Waals surface area contributed by atoms with Crippen molar-refractivity contribution >= 4 is 15.9 Å². The Kier molecular flexibility index (Phi) is 3.01. The average Bonchev–Trinajstić information content (AvgIpc) is 2.28. The van der Waals surface area contributed by atoms with Crippen LogP contribution in [-0.2, 0) is 0 Å². The fourth-order valence-corrected chi connectivity index (χ4v) is 1.91. The van der Waals surface area contributed by atoms with Gasteiger partial charge in [0.2, 0.25) is 0 Å². The number of rotatable bonds is 1. The smallest absolute Gasteiger partial charge is 0.195 e. The van der Waals surface area contributed by atoms with Crippen LogP contribution in [0.1, 0.15) is 0 Å². The van der Waals surface area contributed by atoms with E-state index in [-0.39, 0.29) is 5.56 Å². The Balaban J connectivity index is 2.66. The summed E-state index contributed by atoms with van der Waals surface area (Å²) in [4.78, 5) is 0. The van der Waals surface area contributed by atoms with Gasteiger partial charge in [-0.3, -0.25) is 0 Å². The van der Waals surface area contributed by atoms with Gasteiger partial charge in [-0.15, -0.1) is 0 Å². The zero-order chi connectivity index (χ0) is 11.7. The van der Waals surface area contributed by atoms with Gasteiger partial charge in [-0.2, -0.15) is 0 Å². The molecule has 0 saturated carbocycles. The summed E-state index contributed by atoms with van der Waals surface area (Å²) in [6, 6.07) is 8.91. The van der Waals surface area contributed by atoms with Crippen molar-refractivity contribution in [1.29, 1.82) is 0 Å². The maximum atomic E-state index is 13.5. The van der Waals surface area contributed by atoms with E-state index in [1.165, 1.54) is 6.07 Å².